The molecule has 1 unspecified atom stereocenters. The Morgan fingerprint density at radius 1 is 0.878 bits per heavy atom. The summed E-state index contributed by atoms with van der Waals surface area (Å²) in [4.78, 5) is 25.6. The minimum absolute atomic E-state index is 0.139. The van der Waals surface area contributed by atoms with Crippen LogP contribution < -0.4 is 15.4 Å². The molecule has 4 aromatic rings. The summed E-state index contributed by atoms with van der Waals surface area (Å²) in [5, 5.41) is 5.80. The van der Waals surface area contributed by atoms with E-state index in [-0.39, 0.29) is 18.6 Å². The molecule has 41 heavy (non-hydrogen) atoms. The summed E-state index contributed by atoms with van der Waals surface area (Å²) in [6.07, 6.45) is -3.72. The number of benzene rings is 4. The van der Waals surface area contributed by atoms with E-state index in [2.05, 4.69) is 10.6 Å². The second-order valence-electron chi connectivity index (χ2n) is 9.73. The predicted octanol–water partition coefficient (Wildman–Crippen LogP) is 7.03. The molecule has 0 aromatic heterocycles. The van der Waals surface area contributed by atoms with Gasteiger partial charge in [-0.3, -0.25) is 4.79 Å². The standard InChI is InChI=1S/C32H27F3N2O4/c1-40-27-14-6-20(7-15-27)19-41-31(39)37-26-16-22-10-13-25(17-23(22)18-26)36-30(38)29-5-3-2-4-28(29)21-8-11-24(12-9-21)32(33,34)35/h2-15,17,26H,16,18-19H2,1H3,(H,36,38)(H,37,39). The summed E-state index contributed by atoms with van der Waals surface area (Å²) in [5.41, 5.74) is 4.11. The van der Waals surface area contributed by atoms with E-state index in [1.54, 1.807) is 49.6 Å². The Bertz CT molecular complexity index is 1550. The molecule has 5 rings (SSSR count). The zero-order chi connectivity index (χ0) is 29.0. The summed E-state index contributed by atoms with van der Waals surface area (Å²) < 4.78 is 49.4. The number of rotatable bonds is 7. The van der Waals surface area contributed by atoms with Gasteiger partial charge in [0.25, 0.3) is 5.91 Å². The smallest absolute Gasteiger partial charge is 0.416 e. The van der Waals surface area contributed by atoms with Crippen molar-refractivity contribution in [2.75, 3.05) is 12.4 Å². The number of carbonyl (C=O) groups excluding carboxylic acids is 2. The van der Waals surface area contributed by atoms with Crippen LogP contribution in [0.15, 0.2) is 91.0 Å². The second-order valence-corrected chi connectivity index (χ2v) is 9.73. The van der Waals surface area contributed by atoms with Gasteiger partial charge in [-0.25, -0.2) is 4.79 Å². The molecule has 2 N–H and O–H groups in total. The molecular formula is C32H27F3N2O4. The zero-order valence-corrected chi connectivity index (χ0v) is 22.1. The highest BCUT2D eigenvalue weighted by atomic mass is 19.4. The molecule has 1 aliphatic rings. The molecular weight excluding hydrogens is 533 g/mol. The second kappa shape index (κ2) is 11.8. The lowest BCUT2D eigenvalue weighted by Crippen LogP contribution is -2.35. The third kappa shape index (κ3) is 6.69. The summed E-state index contributed by atoms with van der Waals surface area (Å²) in [7, 11) is 1.58. The molecule has 0 heterocycles. The molecule has 0 bridgehead atoms. The van der Waals surface area contributed by atoms with E-state index in [0.717, 1.165) is 34.6 Å². The average Bonchev–Trinajstić information content (AvgIpc) is 3.37. The van der Waals surface area contributed by atoms with E-state index in [4.69, 9.17) is 9.47 Å². The summed E-state index contributed by atoms with van der Waals surface area (Å²) >= 11 is 0. The van der Waals surface area contributed by atoms with Crippen molar-refractivity contribution in [3.63, 3.8) is 0 Å². The molecule has 6 nitrogen and oxygen atoms in total. The maximum Gasteiger partial charge on any atom is 0.416 e. The Morgan fingerprint density at radius 3 is 2.29 bits per heavy atom. The van der Waals surface area contributed by atoms with Crippen molar-refractivity contribution >= 4 is 17.7 Å². The Hall–Kier alpha value is -4.79. The third-order valence-electron chi connectivity index (χ3n) is 6.94. The van der Waals surface area contributed by atoms with Crippen LogP contribution in [0.2, 0.25) is 0 Å². The van der Waals surface area contributed by atoms with Gasteiger partial charge in [0.05, 0.1) is 12.7 Å². The Labute approximate surface area is 235 Å². The molecule has 0 saturated heterocycles. The zero-order valence-electron chi connectivity index (χ0n) is 22.1. The third-order valence-corrected chi connectivity index (χ3v) is 6.94. The van der Waals surface area contributed by atoms with Gasteiger partial charge in [-0.15, -0.1) is 0 Å². The number of hydrogen-bond donors (Lipinski definition) is 2. The predicted molar refractivity (Wildman–Crippen MR) is 149 cm³/mol. The van der Waals surface area contributed by atoms with Gasteiger partial charge in [-0.2, -0.15) is 13.2 Å². The number of methoxy groups -OCH3 is 1. The van der Waals surface area contributed by atoms with Gasteiger partial charge in [0, 0.05) is 17.3 Å². The fourth-order valence-electron chi connectivity index (χ4n) is 4.85. The SMILES string of the molecule is COc1ccc(COC(=O)NC2Cc3ccc(NC(=O)c4ccccc4-c4ccc(C(F)(F)F)cc4)cc3C2)cc1. The molecule has 0 saturated carbocycles. The number of anilines is 1. The van der Waals surface area contributed by atoms with Crippen LogP contribution in [-0.2, 0) is 30.4 Å². The van der Waals surface area contributed by atoms with Crippen LogP contribution in [0.1, 0.15) is 32.6 Å². The highest BCUT2D eigenvalue weighted by Crippen LogP contribution is 2.32. The number of carbonyl (C=O) groups is 2. The first-order chi connectivity index (χ1) is 19.7. The van der Waals surface area contributed by atoms with Crippen molar-refractivity contribution in [1.29, 1.82) is 0 Å². The topological polar surface area (TPSA) is 76.7 Å². The molecule has 0 spiro atoms. The summed E-state index contributed by atoms with van der Waals surface area (Å²) in [6, 6.07) is 24.2. The molecule has 9 heteroatoms. The van der Waals surface area contributed by atoms with Gasteiger partial charge in [0.1, 0.15) is 12.4 Å². The minimum atomic E-state index is -4.44. The van der Waals surface area contributed by atoms with Gasteiger partial charge in [0.15, 0.2) is 0 Å². The van der Waals surface area contributed by atoms with Crippen LogP contribution in [0.3, 0.4) is 0 Å². The van der Waals surface area contributed by atoms with E-state index < -0.39 is 17.8 Å². The molecule has 0 aliphatic heterocycles. The molecule has 4 aromatic carbocycles. The van der Waals surface area contributed by atoms with Crippen LogP contribution in [-0.4, -0.2) is 25.2 Å². The lowest BCUT2D eigenvalue weighted by Gasteiger charge is -2.13. The van der Waals surface area contributed by atoms with Gasteiger partial charge in [0.2, 0.25) is 0 Å². The first kappa shape index (κ1) is 27.8. The van der Waals surface area contributed by atoms with E-state index in [0.29, 0.717) is 35.2 Å². The van der Waals surface area contributed by atoms with E-state index in [9.17, 15) is 22.8 Å². The van der Waals surface area contributed by atoms with E-state index in [1.165, 1.54) is 12.1 Å². The molecule has 1 atom stereocenters. The van der Waals surface area contributed by atoms with Crippen LogP contribution in [0.25, 0.3) is 11.1 Å². The van der Waals surface area contributed by atoms with Crippen LogP contribution in [0.5, 0.6) is 5.75 Å². The Balaban J connectivity index is 1.20. The Kier molecular flexibility index (Phi) is 7.96. The molecule has 1 aliphatic carbocycles. The number of alkyl carbamates (subject to hydrolysis) is 1. The molecule has 210 valence electrons. The van der Waals surface area contributed by atoms with E-state index in [1.807, 2.05) is 24.3 Å². The number of ether oxygens (including phenoxy) is 2. The van der Waals surface area contributed by atoms with E-state index >= 15 is 0 Å². The first-order valence-electron chi connectivity index (χ1n) is 13.0. The normalized spacial score (nSPS) is 14.2. The highest BCUT2D eigenvalue weighted by Gasteiger charge is 2.30. The van der Waals surface area contributed by atoms with Gasteiger partial charge >= 0.3 is 12.3 Å². The average molecular weight is 561 g/mol. The lowest BCUT2D eigenvalue weighted by atomic mass is 9.98. The van der Waals surface area contributed by atoms with Crippen molar-refractivity contribution in [3.05, 3.63) is 119 Å². The number of fused-ring (bicyclic) bond motifs is 1. The molecule has 2 amide bonds. The van der Waals surface area contributed by atoms with Crippen molar-refractivity contribution < 1.29 is 32.2 Å². The largest absolute Gasteiger partial charge is 0.497 e. The highest BCUT2D eigenvalue weighted by molar-refractivity contribution is 6.08. The van der Waals surface area contributed by atoms with Crippen molar-refractivity contribution in [2.24, 2.45) is 0 Å². The summed E-state index contributed by atoms with van der Waals surface area (Å²) in [5.74, 6) is 0.344. The van der Waals surface area contributed by atoms with Gasteiger partial charge in [-0.1, -0.05) is 48.5 Å². The summed E-state index contributed by atoms with van der Waals surface area (Å²) in [6.45, 7) is 0.139. The number of nitrogens with one attached hydrogen (secondary N) is 2. The van der Waals surface area contributed by atoms with Crippen LogP contribution >= 0.6 is 0 Å². The van der Waals surface area contributed by atoms with Crippen molar-refractivity contribution in [3.8, 4) is 16.9 Å². The van der Waals surface area contributed by atoms with Gasteiger partial charge < -0.3 is 20.1 Å². The van der Waals surface area contributed by atoms with Crippen molar-refractivity contribution in [1.82, 2.24) is 5.32 Å². The number of hydrogen-bond acceptors (Lipinski definition) is 4. The Morgan fingerprint density at radius 2 is 1.59 bits per heavy atom. The maximum absolute atomic E-state index is 13.2. The lowest BCUT2D eigenvalue weighted by molar-refractivity contribution is -0.137. The maximum atomic E-state index is 13.2. The quantitative estimate of drug-likeness (QED) is 0.255. The number of halogens is 3. The van der Waals surface area contributed by atoms with Crippen LogP contribution in [0, 0.1) is 0 Å². The number of alkyl halides is 3. The molecule has 0 fully saturated rings. The van der Waals surface area contributed by atoms with Crippen molar-refractivity contribution in [2.45, 2.75) is 31.7 Å². The fraction of sp³-hybridized carbons (Fsp3) is 0.188. The minimum Gasteiger partial charge on any atom is -0.497 e. The van der Waals surface area contributed by atoms with Crippen LogP contribution in [0.4, 0.5) is 23.7 Å². The monoisotopic (exact) mass is 560 g/mol. The van der Waals surface area contributed by atoms with Gasteiger partial charge in [-0.05, 0) is 83.1 Å². The fourth-order valence-corrected chi connectivity index (χ4v) is 4.85. The number of amides is 2. The first-order valence-corrected chi connectivity index (χ1v) is 13.0. The molecule has 0 radical (unpaired) electrons.